The molecule has 9 heteroatoms. The molecule has 140 valence electrons. The summed E-state index contributed by atoms with van der Waals surface area (Å²) >= 11 is 10.7. The second-order valence-corrected chi connectivity index (χ2v) is 10.1. The normalized spacial score (nSPS) is 12.5. The van der Waals surface area contributed by atoms with Gasteiger partial charge in [0.2, 0.25) is 0 Å². The fraction of sp³-hybridized carbons (Fsp3) is 0.111. The molecule has 1 aromatic heterocycles. The van der Waals surface area contributed by atoms with Crippen molar-refractivity contribution in [3.05, 3.63) is 68.9 Å². The maximum absolute atomic E-state index is 12.6. The fourth-order valence-electron chi connectivity index (χ4n) is 2.48. The third kappa shape index (κ3) is 4.24. The maximum atomic E-state index is 12.6. The second-order valence-electron chi connectivity index (χ2n) is 5.73. The lowest BCUT2D eigenvalue weighted by Crippen LogP contribution is -2.16. The standard InChI is InChI=1S/C18H14BrClN2O3S2/c1-3-8-22-15-7-5-12(27(2,24)25)10-16(15)26-18(22)21-17(23)13-9-11(19)4-6-14(13)20/h3-7,9-10H,1,8H2,2H3. The van der Waals surface area contributed by atoms with Crippen LogP contribution in [0.5, 0.6) is 0 Å². The van der Waals surface area contributed by atoms with Crippen molar-refractivity contribution in [2.75, 3.05) is 6.26 Å². The molecule has 0 saturated heterocycles. The highest BCUT2D eigenvalue weighted by molar-refractivity contribution is 9.10. The predicted octanol–water partition coefficient (Wildman–Crippen LogP) is 4.45. The van der Waals surface area contributed by atoms with Crippen LogP contribution in [0.1, 0.15) is 10.4 Å². The third-order valence-corrected chi connectivity index (χ3v) is 6.72. The molecule has 0 saturated carbocycles. The van der Waals surface area contributed by atoms with Crippen molar-refractivity contribution in [1.29, 1.82) is 0 Å². The van der Waals surface area contributed by atoms with Crippen LogP contribution in [-0.4, -0.2) is 25.1 Å². The van der Waals surface area contributed by atoms with Crippen LogP contribution in [0.15, 0.2) is 63.4 Å². The van der Waals surface area contributed by atoms with Gasteiger partial charge in [-0.1, -0.05) is 44.9 Å². The Bertz CT molecular complexity index is 1240. The van der Waals surface area contributed by atoms with E-state index in [0.29, 0.717) is 21.1 Å². The lowest BCUT2D eigenvalue weighted by molar-refractivity contribution is 0.0998. The quantitative estimate of drug-likeness (QED) is 0.513. The van der Waals surface area contributed by atoms with Gasteiger partial charge in [-0.05, 0) is 36.4 Å². The maximum Gasteiger partial charge on any atom is 0.281 e. The number of benzene rings is 2. The van der Waals surface area contributed by atoms with Crippen molar-refractivity contribution in [3.8, 4) is 0 Å². The van der Waals surface area contributed by atoms with Crippen molar-refractivity contribution in [3.63, 3.8) is 0 Å². The van der Waals surface area contributed by atoms with Crippen LogP contribution in [-0.2, 0) is 16.4 Å². The molecule has 1 amide bonds. The SMILES string of the molecule is C=CCn1c(=NC(=O)c2cc(Br)ccc2Cl)sc2cc(S(C)(=O)=O)ccc21. The first-order valence-electron chi connectivity index (χ1n) is 7.69. The van der Waals surface area contributed by atoms with Gasteiger partial charge < -0.3 is 4.57 Å². The molecule has 0 fully saturated rings. The molecule has 0 bridgehead atoms. The van der Waals surface area contributed by atoms with Crippen LogP contribution in [0.25, 0.3) is 10.2 Å². The number of sulfone groups is 1. The monoisotopic (exact) mass is 484 g/mol. The van der Waals surface area contributed by atoms with E-state index in [1.54, 1.807) is 42.5 Å². The number of hydrogen-bond acceptors (Lipinski definition) is 4. The molecule has 0 aliphatic carbocycles. The lowest BCUT2D eigenvalue weighted by Gasteiger charge is -2.03. The van der Waals surface area contributed by atoms with E-state index >= 15 is 0 Å². The average Bonchev–Trinajstić information content (AvgIpc) is 2.93. The third-order valence-electron chi connectivity index (χ3n) is 3.75. The van der Waals surface area contributed by atoms with E-state index < -0.39 is 15.7 Å². The molecule has 0 radical (unpaired) electrons. The number of carbonyl (C=O) groups excluding carboxylic acids is 1. The van der Waals surface area contributed by atoms with Gasteiger partial charge in [0.1, 0.15) is 0 Å². The van der Waals surface area contributed by atoms with Crippen molar-refractivity contribution in [2.45, 2.75) is 11.4 Å². The van der Waals surface area contributed by atoms with Gasteiger partial charge in [-0.2, -0.15) is 4.99 Å². The van der Waals surface area contributed by atoms with E-state index in [4.69, 9.17) is 11.6 Å². The predicted molar refractivity (Wildman–Crippen MR) is 112 cm³/mol. The summed E-state index contributed by atoms with van der Waals surface area (Å²) < 4.78 is 26.9. The minimum Gasteiger partial charge on any atom is -0.312 e. The van der Waals surface area contributed by atoms with E-state index in [2.05, 4.69) is 27.5 Å². The molecule has 1 heterocycles. The number of carbonyl (C=O) groups is 1. The molecule has 5 nitrogen and oxygen atoms in total. The molecule has 0 aliphatic heterocycles. The molecule has 0 atom stereocenters. The Hall–Kier alpha value is -1.74. The number of amides is 1. The van der Waals surface area contributed by atoms with Crippen LogP contribution in [0, 0.1) is 0 Å². The molecule has 0 unspecified atom stereocenters. The number of thiazole rings is 1. The molecule has 2 aromatic carbocycles. The largest absolute Gasteiger partial charge is 0.312 e. The first-order valence-corrected chi connectivity index (χ1v) is 11.6. The van der Waals surface area contributed by atoms with Gasteiger partial charge in [-0.3, -0.25) is 4.79 Å². The van der Waals surface area contributed by atoms with E-state index in [9.17, 15) is 13.2 Å². The Kier molecular flexibility index (Phi) is 5.71. The first kappa shape index (κ1) is 20.0. The summed E-state index contributed by atoms with van der Waals surface area (Å²) in [5, 5.41) is 0.308. The fourth-order valence-corrected chi connectivity index (χ4v) is 4.84. The first-order chi connectivity index (χ1) is 12.7. The van der Waals surface area contributed by atoms with Gasteiger partial charge in [0, 0.05) is 17.3 Å². The number of aromatic nitrogens is 1. The van der Waals surface area contributed by atoms with Crippen molar-refractivity contribution in [1.82, 2.24) is 4.57 Å². The summed E-state index contributed by atoms with van der Waals surface area (Å²) in [6, 6.07) is 9.81. The topological polar surface area (TPSA) is 68.5 Å². The summed E-state index contributed by atoms with van der Waals surface area (Å²) in [6.45, 7) is 4.16. The molecule has 3 rings (SSSR count). The van der Waals surface area contributed by atoms with Gasteiger partial charge in [0.15, 0.2) is 14.6 Å². The minimum atomic E-state index is -3.33. The van der Waals surface area contributed by atoms with Crippen LogP contribution in [0.2, 0.25) is 5.02 Å². The van der Waals surface area contributed by atoms with Crippen molar-refractivity contribution < 1.29 is 13.2 Å². The van der Waals surface area contributed by atoms with Gasteiger partial charge in [-0.25, -0.2) is 8.42 Å². The summed E-state index contributed by atoms with van der Waals surface area (Å²) in [6.07, 6.45) is 2.84. The van der Waals surface area contributed by atoms with Gasteiger partial charge in [-0.15, -0.1) is 6.58 Å². The highest BCUT2D eigenvalue weighted by Gasteiger charge is 2.14. The number of halogens is 2. The summed E-state index contributed by atoms with van der Waals surface area (Å²) in [5.41, 5.74) is 1.06. The summed E-state index contributed by atoms with van der Waals surface area (Å²) in [5.74, 6) is -0.478. The summed E-state index contributed by atoms with van der Waals surface area (Å²) in [4.78, 5) is 17.5. The Morgan fingerprint density at radius 2 is 2.07 bits per heavy atom. The van der Waals surface area contributed by atoms with E-state index in [1.807, 2.05) is 4.57 Å². The van der Waals surface area contributed by atoms with E-state index in [1.165, 1.54) is 11.3 Å². The minimum absolute atomic E-state index is 0.218. The van der Waals surface area contributed by atoms with Gasteiger partial charge in [0.05, 0.1) is 25.7 Å². The Labute approximate surface area is 173 Å². The molecular formula is C18H14BrClN2O3S2. The van der Waals surface area contributed by atoms with Gasteiger partial charge in [0.25, 0.3) is 5.91 Å². The highest BCUT2D eigenvalue weighted by atomic mass is 79.9. The zero-order chi connectivity index (χ0) is 19.8. The van der Waals surface area contributed by atoms with Crippen molar-refractivity contribution in [2.24, 2.45) is 4.99 Å². The van der Waals surface area contributed by atoms with Crippen LogP contribution >= 0.6 is 38.9 Å². The van der Waals surface area contributed by atoms with Gasteiger partial charge >= 0.3 is 0 Å². The average molecular weight is 486 g/mol. The van der Waals surface area contributed by atoms with Crippen LogP contribution in [0.4, 0.5) is 0 Å². The van der Waals surface area contributed by atoms with Crippen molar-refractivity contribution >= 4 is 64.8 Å². The Balaban J connectivity index is 2.21. The zero-order valence-electron chi connectivity index (χ0n) is 14.1. The molecular weight excluding hydrogens is 472 g/mol. The number of fused-ring (bicyclic) bond motifs is 1. The number of nitrogens with zero attached hydrogens (tertiary/aromatic N) is 2. The summed E-state index contributed by atoms with van der Waals surface area (Å²) in [7, 11) is -3.33. The smallest absolute Gasteiger partial charge is 0.281 e. The van der Waals surface area contributed by atoms with E-state index in [0.717, 1.165) is 16.2 Å². The van der Waals surface area contributed by atoms with Crippen LogP contribution in [0.3, 0.4) is 0 Å². The number of rotatable bonds is 4. The molecule has 0 spiro atoms. The Morgan fingerprint density at radius 3 is 2.74 bits per heavy atom. The number of hydrogen-bond donors (Lipinski definition) is 0. The van der Waals surface area contributed by atoms with Crippen LogP contribution < -0.4 is 4.80 Å². The number of allylic oxidation sites excluding steroid dienone is 1. The highest BCUT2D eigenvalue weighted by Crippen LogP contribution is 2.24. The Morgan fingerprint density at radius 1 is 1.33 bits per heavy atom. The molecule has 0 aliphatic rings. The molecule has 27 heavy (non-hydrogen) atoms. The lowest BCUT2D eigenvalue weighted by atomic mass is 10.2. The van der Waals surface area contributed by atoms with E-state index in [-0.39, 0.29) is 10.5 Å². The molecule has 0 N–H and O–H groups in total. The zero-order valence-corrected chi connectivity index (χ0v) is 18.1. The molecule has 3 aromatic rings. The second kappa shape index (κ2) is 7.71.